The first-order valence-electron chi connectivity index (χ1n) is 6.37. The highest BCUT2D eigenvalue weighted by atomic mass is 35.5. The van der Waals surface area contributed by atoms with E-state index in [0.29, 0.717) is 5.02 Å². The third-order valence-electron chi connectivity index (χ3n) is 2.67. The molecular weight excluding hydrogens is 294 g/mol. The maximum Gasteiger partial charge on any atom is 0.307 e. The highest BCUT2D eigenvalue weighted by molar-refractivity contribution is 6.30. The first kappa shape index (κ1) is 15.1. The van der Waals surface area contributed by atoms with E-state index < -0.39 is 0 Å². The van der Waals surface area contributed by atoms with Crippen LogP contribution >= 0.6 is 11.6 Å². The lowest BCUT2D eigenvalue weighted by Crippen LogP contribution is -2.26. The van der Waals surface area contributed by atoms with Crippen LogP contribution in [-0.2, 0) is 16.1 Å². The number of benzene rings is 1. The molecule has 5 nitrogen and oxygen atoms in total. The fraction of sp³-hybridized carbons (Fsp3) is 0.200. The standard InChI is InChI=1S/C15H14ClNO4/c16-12-5-3-11(4-6-12)10-21-14(18)7-8-17-15(19)13-2-1-9-20-13/h1-6,9H,7-8,10H2,(H,17,19). The maximum atomic E-state index is 11.5. The second-order valence-corrected chi connectivity index (χ2v) is 4.71. The Labute approximate surface area is 126 Å². The molecule has 0 aliphatic carbocycles. The molecule has 110 valence electrons. The van der Waals surface area contributed by atoms with Gasteiger partial charge in [0.1, 0.15) is 6.61 Å². The molecule has 1 heterocycles. The molecule has 2 aromatic rings. The quantitative estimate of drug-likeness (QED) is 0.833. The van der Waals surface area contributed by atoms with E-state index >= 15 is 0 Å². The van der Waals surface area contributed by atoms with Crippen molar-refractivity contribution in [1.29, 1.82) is 0 Å². The molecule has 1 aromatic carbocycles. The molecule has 2 rings (SSSR count). The highest BCUT2D eigenvalue weighted by Gasteiger charge is 2.09. The van der Waals surface area contributed by atoms with Gasteiger partial charge in [-0.1, -0.05) is 23.7 Å². The van der Waals surface area contributed by atoms with E-state index in [1.54, 1.807) is 36.4 Å². The number of carbonyl (C=O) groups is 2. The molecule has 0 unspecified atom stereocenters. The summed E-state index contributed by atoms with van der Waals surface area (Å²) in [6, 6.07) is 10.2. The van der Waals surface area contributed by atoms with Crippen molar-refractivity contribution < 1.29 is 18.7 Å². The summed E-state index contributed by atoms with van der Waals surface area (Å²) >= 11 is 5.76. The van der Waals surface area contributed by atoms with Gasteiger partial charge in [0.25, 0.3) is 5.91 Å². The number of furan rings is 1. The SMILES string of the molecule is O=C(CCNC(=O)c1ccco1)OCc1ccc(Cl)cc1. The maximum absolute atomic E-state index is 11.5. The third-order valence-corrected chi connectivity index (χ3v) is 2.92. The summed E-state index contributed by atoms with van der Waals surface area (Å²) in [6.45, 7) is 0.376. The number of nitrogens with one attached hydrogen (secondary N) is 1. The van der Waals surface area contributed by atoms with Crippen LogP contribution in [0.15, 0.2) is 47.1 Å². The van der Waals surface area contributed by atoms with E-state index in [1.165, 1.54) is 6.26 Å². The lowest BCUT2D eigenvalue weighted by atomic mass is 10.2. The first-order chi connectivity index (χ1) is 10.1. The summed E-state index contributed by atoms with van der Waals surface area (Å²) in [4.78, 5) is 23.1. The van der Waals surface area contributed by atoms with Crippen LogP contribution in [0.5, 0.6) is 0 Å². The smallest absolute Gasteiger partial charge is 0.307 e. The second kappa shape index (κ2) is 7.50. The Morgan fingerprint density at radius 1 is 1.19 bits per heavy atom. The molecule has 0 aliphatic heterocycles. The highest BCUT2D eigenvalue weighted by Crippen LogP contribution is 2.10. The predicted molar refractivity (Wildman–Crippen MR) is 76.9 cm³/mol. The van der Waals surface area contributed by atoms with Crippen molar-refractivity contribution in [2.45, 2.75) is 13.0 Å². The summed E-state index contributed by atoms with van der Waals surface area (Å²) in [5.41, 5.74) is 0.854. The number of rotatable bonds is 6. The van der Waals surface area contributed by atoms with Crippen molar-refractivity contribution in [3.8, 4) is 0 Å². The second-order valence-electron chi connectivity index (χ2n) is 4.27. The lowest BCUT2D eigenvalue weighted by molar-refractivity contribution is -0.144. The zero-order valence-electron chi connectivity index (χ0n) is 11.2. The average Bonchev–Trinajstić information content (AvgIpc) is 3.01. The van der Waals surface area contributed by atoms with Gasteiger partial charge < -0.3 is 14.5 Å². The number of hydrogen-bond donors (Lipinski definition) is 1. The minimum absolute atomic E-state index is 0.0973. The molecule has 1 N–H and O–H groups in total. The molecule has 0 saturated heterocycles. The Hall–Kier alpha value is -2.27. The van der Waals surface area contributed by atoms with Crippen LogP contribution in [0.4, 0.5) is 0 Å². The molecule has 0 bridgehead atoms. The van der Waals surface area contributed by atoms with Gasteiger partial charge in [-0.25, -0.2) is 0 Å². The molecule has 6 heteroatoms. The van der Waals surface area contributed by atoms with E-state index in [-0.39, 0.29) is 37.2 Å². The average molecular weight is 308 g/mol. The Balaban J connectivity index is 1.66. The fourth-order valence-electron chi connectivity index (χ4n) is 1.59. The van der Waals surface area contributed by atoms with Crippen LogP contribution in [0.1, 0.15) is 22.5 Å². The Kier molecular flexibility index (Phi) is 5.40. The molecular formula is C15H14ClNO4. The molecule has 21 heavy (non-hydrogen) atoms. The van der Waals surface area contributed by atoms with Crippen molar-refractivity contribution in [3.05, 3.63) is 59.0 Å². The van der Waals surface area contributed by atoms with Crippen LogP contribution in [0, 0.1) is 0 Å². The molecule has 0 radical (unpaired) electrons. The number of amides is 1. The van der Waals surface area contributed by atoms with Gasteiger partial charge in [0.2, 0.25) is 0 Å². The topological polar surface area (TPSA) is 68.5 Å². The Bertz CT molecular complexity index is 593. The van der Waals surface area contributed by atoms with Gasteiger partial charge in [0, 0.05) is 11.6 Å². The van der Waals surface area contributed by atoms with Crippen molar-refractivity contribution in [2.24, 2.45) is 0 Å². The minimum Gasteiger partial charge on any atom is -0.461 e. The lowest BCUT2D eigenvalue weighted by Gasteiger charge is -2.06. The molecule has 0 saturated carbocycles. The van der Waals surface area contributed by atoms with E-state index in [9.17, 15) is 9.59 Å². The van der Waals surface area contributed by atoms with E-state index in [0.717, 1.165) is 5.56 Å². The summed E-state index contributed by atoms with van der Waals surface area (Å²) < 4.78 is 10.0. The van der Waals surface area contributed by atoms with Crippen LogP contribution in [0.3, 0.4) is 0 Å². The number of carbonyl (C=O) groups excluding carboxylic acids is 2. The fourth-order valence-corrected chi connectivity index (χ4v) is 1.72. The van der Waals surface area contributed by atoms with E-state index in [2.05, 4.69) is 5.32 Å². The van der Waals surface area contributed by atoms with Gasteiger partial charge >= 0.3 is 5.97 Å². The number of halogens is 1. The zero-order chi connectivity index (χ0) is 15.1. The number of hydrogen-bond acceptors (Lipinski definition) is 4. The summed E-state index contributed by atoms with van der Waals surface area (Å²) in [5, 5.41) is 3.20. The largest absolute Gasteiger partial charge is 0.461 e. The Morgan fingerprint density at radius 3 is 2.62 bits per heavy atom. The zero-order valence-corrected chi connectivity index (χ0v) is 11.9. The third kappa shape index (κ3) is 4.96. The van der Waals surface area contributed by atoms with E-state index in [1.807, 2.05) is 0 Å². The summed E-state index contributed by atoms with van der Waals surface area (Å²) in [6.07, 6.45) is 1.51. The van der Waals surface area contributed by atoms with Gasteiger partial charge in [0.05, 0.1) is 12.7 Å². The predicted octanol–water partition coefficient (Wildman–Crippen LogP) is 2.80. The van der Waals surface area contributed by atoms with Crippen LogP contribution < -0.4 is 5.32 Å². The number of ether oxygens (including phenoxy) is 1. The molecule has 0 spiro atoms. The van der Waals surface area contributed by atoms with Gasteiger partial charge in [-0.3, -0.25) is 9.59 Å². The number of esters is 1. The van der Waals surface area contributed by atoms with Crippen LogP contribution in [0.2, 0.25) is 5.02 Å². The van der Waals surface area contributed by atoms with Crippen molar-refractivity contribution >= 4 is 23.5 Å². The van der Waals surface area contributed by atoms with Gasteiger partial charge in [-0.2, -0.15) is 0 Å². The van der Waals surface area contributed by atoms with Crippen LogP contribution in [-0.4, -0.2) is 18.4 Å². The molecule has 1 amide bonds. The van der Waals surface area contributed by atoms with Crippen molar-refractivity contribution in [1.82, 2.24) is 5.32 Å². The van der Waals surface area contributed by atoms with Crippen molar-refractivity contribution in [3.63, 3.8) is 0 Å². The minimum atomic E-state index is -0.385. The monoisotopic (exact) mass is 307 g/mol. The van der Waals surface area contributed by atoms with Gasteiger partial charge in [-0.05, 0) is 29.8 Å². The first-order valence-corrected chi connectivity index (χ1v) is 6.75. The molecule has 1 aromatic heterocycles. The van der Waals surface area contributed by atoms with Gasteiger partial charge in [0.15, 0.2) is 5.76 Å². The Morgan fingerprint density at radius 2 is 1.95 bits per heavy atom. The normalized spacial score (nSPS) is 10.1. The van der Waals surface area contributed by atoms with E-state index in [4.69, 9.17) is 20.8 Å². The van der Waals surface area contributed by atoms with Crippen LogP contribution in [0.25, 0.3) is 0 Å². The summed E-state index contributed by atoms with van der Waals surface area (Å²) in [7, 11) is 0. The molecule has 0 fully saturated rings. The summed E-state index contributed by atoms with van der Waals surface area (Å²) in [5.74, 6) is -0.528. The molecule has 0 aliphatic rings. The van der Waals surface area contributed by atoms with Gasteiger partial charge in [-0.15, -0.1) is 0 Å². The molecule has 0 atom stereocenters. The van der Waals surface area contributed by atoms with Crippen molar-refractivity contribution in [2.75, 3.05) is 6.54 Å².